The zero-order valence-corrected chi connectivity index (χ0v) is 12.2. The monoisotopic (exact) mass is 320 g/mol. The van der Waals surface area contributed by atoms with Crippen molar-refractivity contribution in [1.29, 1.82) is 0 Å². The standard InChI is InChI=1S/C14H10ClFN4O2/c1-8-10(7-21-13-5-4-12(15)18-19-13)14(20-22-8)11-3-2-9(16)6-17-11/h2-6H,7H2,1H3. The van der Waals surface area contributed by atoms with Crippen molar-refractivity contribution >= 4 is 11.6 Å². The third kappa shape index (κ3) is 3.04. The molecule has 0 aliphatic rings. The predicted molar refractivity (Wildman–Crippen MR) is 75.8 cm³/mol. The highest BCUT2D eigenvalue weighted by atomic mass is 35.5. The third-order valence-electron chi connectivity index (χ3n) is 2.93. The van der Waals surface area contributed by atoms with E-state index in [2.05, 4.69) is 20.3 Å². The molecule has 0 bridgehead atoms. The molecule has 0 aromatic carbocycles. The Bertz CT molecular complexity index is 775. The summed E-state index contributed by atoms with van der Waals surface area (Å²) in [5.41, 5.74) is 1.70. The topological polar surface area (TPSA) is 73.9 Å². The second-order valence-corrected chi connectivity index (χ2v) is 4.80. The fourth-order valence-electron chi connectivity index (χ4n) is 1.81. The van der Waals surface area contributed by atoms with Crippen LogP contribution in [-0.2, 0) is 6.61 Å². The number of nitrogens with zero attached hydrogens (tertiary/aromatic N) is 4. The molecule has 0 fully saturated rings. The molecule has 3 aromatic heterocycles. The first-order valence-electron chi connectivity index (χ1n) is 6.32. The first-order valence-corrected chi connectivity index (χ1v) is 6.70. The van der Waals surface area contributed by atoms with Crippen molar-refractivity contribution in [1.82, 2.24) is 20.3 Å². The summed E-state index contributed by atoms with van der Waals surface area (Å²) >= 11 is 5.66. The fourth-order valence-corrected chi connectivity index (χ4v) is 1.91. The third-order valence-corrected chi connectivity index (χ3v) is 3.13. The van der Waals surface area contributed by atoms with Crippen molar-refractivity contribution in [2.45, 2.75) is 13.5 Å². The van der Waals surface area contributed by atoms with Gasteiger partial charge in [0.15, 0.2) is 5.15 Å². The summed E-state index contributed by atoms with van der Waals surface area (Å²) in [5.74, 6) is 0.490. The van der Waals surface area contributed by atoms with E-state index in [4.69, 9.17) is 20.9 Å². The lowest BCUT2D eigenvalue weighted by molar-refractivity contribution is 0.287. The van der Waals surface area contributed by atoms with E-state index < -0.39 is 5.82 Å². The summed E-state index contributed by atoms with van der Waals surface area (Å²) in [6, 6.07) is 6.01. The second-order valence-electron chi connectivity index (χ2n) is 4.41. The van der Waals surface area contributed by atoms with Gasteiger partial charge in [0.25, 0.3) is 0 Å². The minimum absolute atomic E-state index is 0.167. The molecular formula is C14H10ClFN4O2. The minimum atomic E-state index is -0.418. The molecule has 0 spiro atoms. The van der Waals surface area contributed by atoms with Gasteiger partial charge in [0.1, 0.15) is 23.9 Å². The molecule has 22 heavy (non-hydrogen) atoms. The summed E-state index contributed by atoms with van der Waals surface area (Å²) < 4.78 is 23.7. The van der Waals surface area contributed by atoms with E-state index in [1.165, 1.54) is 12.1 Å². The van der Waals surface area contributed by atoms with E-state index in [1.807, 2.05) is 0 Å². The van der Waals surface area contributed by atoms with Crippen molar-refractivity contribution in [2.75, 3.05) is 0 Å². The number of aromatic nitrogens is 4. The Morgan fingerprint density at radius 1 is 1.23 bits per heavy atom. The molecule has 8 heteroatoms. The maximum absolute atomic E-state index is 13.0. The van der Waals surface area contributed by atoms with Crippen LogP contribution in [0.3, 0.4) is 0 Å². The smallest absolute Gasteiger partial charge is 0.233 e. The molecule has 0 radical (unpaired) electrons. The first-order chi connectivity index (χ1) is 10.6. The van der Waals surface area contributed by atoms with Gasteiger partial charge in [-0.2, -0.15) is 0 Å². The van der Waals surface area contributed by atoms with Gasteiger partial charge in [0, 0.05) is 6.07 Å². The van der Waals surface area contributed by atoms with Gasteiger partial charge >= 0.3 is 0 Å². The Kier molecular flexibility index (Phi) is 3.97. The van der Waals surface area contributed by atoms with Gasteiger partial charge in [0.05, 0.1) is 17.5 Å². The Balaban J connectivity index is 1.83. The van der Waals surface area contributed by atoms with Gasteiger partial charge < -0.3 is 9.26 Å². The Labute approximate surface area is 129 Å². The summed E-state index contributed by atoms with van der Waals surface area (Å²) in [7, 11) is 0. The molecule has 3 aromatic rings. The van der Waals surface area contributed by atoms with Crippen LogP contribution in [0.5, 0.6) is 5.88 Å². The molecule has 6 nitrogen and oxygen atoms in total. The Morgan fingerprint density at radius 2 is 2.09 bits per heavy atom. The predicted octanol–water partition coefficient (Wildman–Crippen LogP) is 3.21. The van der Waals surface area contributed by atoms with Crippen molar-refractivity contribution < 1.29 is 13.7 Å². The molecule has 0 saturated carbocycles. The number of ether oxygens (including phenoxy) is 1. The average Bonchev–Trinajstić information content (AvgIpc) is 2.89. The number of hydrogen-bond acceptors (Lipinski definition) is 6. The van der Waals surface area contributed by atoms with Crippen LogP contribution < -0.4 is 4.74 Å². The second kappa shape index (κ2) is 6.07. The van der Waals surface area contributed by atoms with Gasteiger partial charge in [-0.05, 0) is 25.1 Å². The van der Waals surface area contributed by atoms with E-state index in [0.29, 0.717) is 28.6 Å². The van der Waals surface area contributed by atoms with Crippen LogP contribution in [0, 0.1) is 12.7 Å². The lowest BCUT2D eigenvalue weighted by atomic mass is 10.1. The number of rotatable bonds is 4. The van der Waals surface area contributed by atoms with Crippen molar-refractivity contribution in [3.63, 3.8) is 0 Å². The van der Waals surface area contributed by atoms with Crippen molar-refractivity contribution in [2.24, 2.45) is 0 Å². The molecule has 0 aliphatic carbocycles. The van der Waals surface area contributed by atoms with Gasteiger partial charge in [-0.1, -0.05) is 16.8 Å². The molecule has 0 amide bonds. The number of hydrogen-bond donors (Lipinski definition) is 0. The first kappa shape index (κ1) is 14.4. The molecule has 0 unspecified atom stereocenters. The molecule has 0 saturated heterocycles. The minimum Gasteiger partial charge on any atom is -0.472 e. The van der Waals surface area contributed by atoms with Crippen LogP contribution >= 0.6 is 11.6 Å². The van der Waals surface area contributed by atoms with Gasteiger partial charge in [-0.25, -0.2) is 4.39 Å². The maximum atomic E-state index is 13.0. The van der Waals surface area contributed by atoms with Gasteiger partial charge in [0.2, 0.25) is 5.88 Å². The summed E-state index contributed by atoms with van der Waals surface area (Å²) in [4.78, 5) is 3.99. The SMILES string of the molecule is Cc1onc(-c2ccc(F)cn2)c1COc1ccc(Cl)nn1. The van der Waals surface area contributed by atoms with Crippen LogP contribution in [-0.4, -0.2) is 20.3 Å². The summed E-state index contributed by atoms with van der Waals surface area (Å²) in [6.45, 7) is 1.92. The Morgan fingerprint density at radius 3 is 2.77 bits per heavy atom. The van der Waals surface area contributed by atoms with Gasteiger partial charge in [-0.15, -0.1) is 10.2 Å². The zero-order chi connectivity index (χ0) is 15.5. The van der Waals surface area contributed by atoms with Crippen molar-refractivity contribution in [3.8, 4) is 17.3 Å². The quantitative estimate of drug-likeness (QED) is 0.735. The maximum Gasteiger partial charge on any atom is 0.233 e. The molecule has 0 aliphatic heterocycles. The number of pyridine rings is 1. The van der Waals surface area contributed by atoms with Gasteiger partial charge in [-0.3, -0.25) is 4.98 Å². The van der Waals surface area contributed by atoms with Crippen LogP contribution in [0.1, 0.15) is 11.3 Å². The van der Waals surface area contributed by atoms with Crippen molar-refractivity contribution in [3.05, 3.63) is 52.8 Å². The molecule has 0 N–H and O–H groups in total. The summed E-state index contributed by atoms with van der Waals surface area (Å²) in [6.07, 6.45) is 1.12. The van der Waals surface area contributed by atoms with E-state index in [1.54, 1.807) is 19.1 Å². The molecule has 3 rings (SSSR count). The van der Waals surface area contributed by atoms with E-state index in [-0.39, 0.29) is 11.8 Å². The highest BCUT2D eigenvalue weighted by Crippen LogP contribution is 2.25. The lowest BCUT2D eigenvalue weighted by Crippen LogP contribution is -2.01. The highest BCUT2D eigenvalue weighted by Gasteiger charge is 2.16. The average molecular weight is 321 g/mol. The highest BCUT2D eigenvalue weighted by molar-refractivity contribution is 6.29. The van der Waals surface area contributed by atoms with Crippen LogP contribution in [0.2, 0.25) is 5.15 Å². The Hall–Kier alpha value is -2.54. The van der Waals surface area contributed by atoms with Crippen LogP contribution in [0.25, 0.3) is 11.4 Å². The van der Waals surface area contributed by atoms with Crippen LogP contribution in [0.15, 0.2) is 35.0 Å². The number of halogens is 2. The van der Waals surface area contributed by atoms with E-state index in [9.17, 15) is 4.39 Å². The molecule has 0 atom stereocenters. The van der Waals surface area contributed by atoms with Crippen LogP contribution in [0.4, 0.5) is 4.39 Å². The lowest BCUT2D eigenvalue weighted by Gasteiger charge is -2.05. The molecular weight excluding hydrogens is 311 g/mol. The fraction of sp³-hybridized carbons (Fsp3) is 0.143. The zero-order valence-electron chi connectivity index (χ0n) is 11.5. The number of aryl methyl sites for hydroxylation is 1. The van der Waals surface area contributed by atoms with E-state index in [0.717, 1.165) is 6.20 Å². The molecule has 3 heterocycles. The summed E-state index contributed by atoms with van der Waals surface area (Å²) in [5, 5.41) is 11.7. The van der Waals surface area contributed by atoms with E-state index >= 15 is 0 Å². The largest absolute Gasteiger partial charge is 0.472 e. The molecule has 112 valence electrons. The normalized spacial score (nSPS) is 10.7.